The summed E-state index contributed by atoms with van der Waals surface area (Å²) in [6, 6.07) is 8.52. The molecule has 1 fully saturated rings. The lowest BCUT2D eigenvalue weighted by molar-refractivity contribution is -0.148. The molecular weight excluding hydrogens is 226 g/mol. The molecule has 1 aromatic carbocycles. The summed E-state index contributed by atoms with van der Waals surface area (Å²) in [4.78, 5) is 14.4. The molecule has 3 heteroatoms. The Morgan fingerprint density at radius 3 is 3.00 bits per heavy atom. The molecule has 0 amide bonds. The van der Waals surface area contributed by atoms with Crippen LogP contribution in [0.4, 0.5) is 0 Å². The minimum atomic E-state index is -0.121. The number of carbonyl (C=O) groups is 1. The van der Waals surface area contributed by atoms with E-state index in [-0.39, 0.29) is 17.4 Å². The second kappa shape index (κ2) is 4.09. The highest BCUT2D eigenvalue weighted by molar-refractivity contribution is 5.75. The van der Waals surface area contributed by atoms with Crippen LogP contribution in [0.5, 0.6) is 0 Å². The van der Waals surface area contributed by atoms with E-state index < -0.39 is 0 Å². The van der Waals surface area contributed by atoms with Gasteiger partial charge >= 0.3 is 5.97 Å². The molecule has 0 radical (unpaired) electrons. The summed E-state index contributed by atoms with van der Waals surface area (Å²) in [7, 11) is 3.63. The predicted molar refractivity (Wildman–Crippen MR) is 69.2 cm³/mol. The Labute approximate surface area is 108 Å². The van der Waals surface area contributed by atoms with Gasteiger partial charge in [-0.25, -0.2) is 0 Å². The van der Waals surface area contributed by atoms with Crippen LogP contribution in [0.3, 0.4) is 0 Å². The predicted octanol–water partition coefficient (Wildman–Crippen LogP) is 1.95. The molecule has 0 aromatic heterocycles. The molecule has 1 aliphatic carbocycles. The van der Waals surface area contributed by atoms with E-state index in [1.54, 1.807) is 0 Å². The van der Waals surface area contributed by atoms with Gasteiger partial charge in [-0.15, -0.1) is 0 Å². The number of methoxy groups -OCH3 is 1. The largest absolute Gasteiger partial charge is 0.469 e. The van der Waals surface area contributed by atoms with Crippen molar-refractivity contribution in [1.29, 1.82) is 0 Å². The van der Waals surface area contributed by atoms with Crippen LogP contribution in [0.15, 0.2) is 24.3 Å². The summed E-state index contributed by atoms with van der Waals surface area (Å²) in [6.07, 6.45) is 2.99. The number of nitrogens with zero attached hydrogens (tertiary/aromatic N) is 1. The number of rotatable bonds is 1. The van der Waals surface area contributed by atoms with Gasteiger partial charge in [-0.3, -0.25) is 9.69 Å². The minimum absolute atomic E-state index is 0.0175. The molecule has 0 bridgehead atoms. The fraction of sp³-hybridized carbons (Fsp3) is 0.533. The van der Waals surface area contributed by atoms with Gasteiger partial charge in [-0.1, -0.05) is 24.3 Å². The monoisotopic (exact) mass is 245 g/mol. The molecule has 1 aromatic rings. The molecule has 96 valence electrons. The van der Waals surface area contributed by atoms with Gasteiger partial charge in [0, 0.05) is 0 Å². The zero-order chi connectivity index (χ0) is 12.8. The van der Waals surface area contributed by atoms with Gasteiger partial charge in [0.2, 0.25) is 0 Å². The number of ether oxygens (including phenoxy) is 1. The summed E-state index contributed by atoms with van der Waals surface area (Å²) in [6.45, 7) is 0.966. The summed E-state index contributed by atoms with van der Waals surface area (Å²) in [5.74, 6) is -0.0767. The molecule has 3 rings (SSSR count). The van der Waals surface area contributed by atoms with E-state index in [1.807, 2.05) is 0 Å². The molecule has 2 atom stereocenters. The molecule has 18 heavy (non-hydrogen) atoms. The molecule has 1 heterocycles. The highest BCUT2D eigenvalue weighted by Gasteiger charge is 2.54. The molecule has 1 aliphatic heterocycles. The second-order valence-electron chi connectivity index (χ2n) is 5.37. The maximum Gasteiger partial charge on any atom is 0.310 e. The van der Waals surface area contributed by atoms with Crippen molar-refractivity contribution in [2.75, 3.05) is 20.7 Å². The summed E-state index contributed by atoms with van der Waals surface area (Å²) >= 11 is 0. The van der Waals surface area contributed by atoms with Crippen LogP contribution < -0.4 is 0 Å². The van der Waals surface area contributed by atoms with Crippen molar-refractivity contribution < 1.29 is 9.53 Å². The van der Waals surface area contributed by atoms with Crippen molar-refractivity contribution in [2.45, 2.75) is 24.8 Å². The number of esters is 1. The fourth-order valence-electron chi connectivity index (χ4n) is 3.86. The van der Waals surface area contributed by atoms with Crippen LogP contribution in [-0.2, 0) is 21.5 Å². The highest BCUT2D eigenvalue weighted by atomic mass is 16.5. The first kappa shape index (κ1) is 11.7. The number of aryl methyl sites for hydroxylation is 1. The smallest absolute Gasteiger partial charge is 0.310 e. The molecular formula is C15H19NO2. The Balaban J connectivity index is 2.10. The van der Waals surface area contributed by atoms with Crippen molar-refractivity contribution in [3.05, 3.63) is 35.4 Å². The van der Waals surface area contributed by atoms with E-state index >= 15 is 0 Å². The van der Waals surface area contributed by atoms with E-state index in [9.17, 15) is 4.79 Å². The number of hydrogen-bond donors (Lipinski definition) is 0. The van der Waals surface area contributed by atoms with Gasteiger partial charge in [-0.05, 0) is 44.0 Å². The second-order valence-corrected chi connectivity index (χ2v) is 5.37. The summed E-state index contributed by atoms with van der Waals surface area (Å²) < 4.78 is 5.02. The van der Waals surface area contributed by atoms with Crippen molar-refractivity contribution in [3.8, 4) is 0 Å². The Kier molecular flexibility index (Phi) is 2.67. The van der Waals surface area contributed by atoms with Crippen LogP contribution >= 0.6 is 0 Å². The van der Waals surface area contributed by atoms with E-state index in [0.717, 1.165) is 25.8 Å². The molecule has 1 saturated heterocycles. The summed E-state index contributed by atoms with van der Waals surface area (Å²) in [5.41, 5.74) is 2.60. The van der Waals surface area contributed by atoms with Gasteiger partial charge in [0.05, 0.1) is 18.6 Å². The highest BCUT2D eigenvalue weighted by Crippen LogP contribution is 2.51. The normalized spacial score (nSPS) is 30.7. The number of likely N-dealkylation sites (tertiary alicyclic amines) is 1. The van der Waals surface area contributed by atoms with Crippen molar-refractivity contribution in [3.63, 3.8) is 0 Å². The molecule has 0 N–H and O–H groups in total. The molecule has 1 spiro atoms. The quantitative estimate of drug-likeness (QED) is 0.708. The maximum atomic E-state index is 12.1. The summed E-state index contributed by atoms with van der Waals surface area (Å²) in [5, 5.41) is 0. The van der Waals surface area contributed by atoms with Crippen LogP contribution in [0.1, 0.15) is 24.0 Å². The minimum Gasteiger partial charge on any atom is -0.469 e. The SMILES string of the molecule is COC(=O)C1CCN(C)[C@]12CCc1ccccc12. The third-order valence-electron chi connectivity index (χ3n) is 4.76. The van der Waals surface area contributed by atoms with E-state index in [1.165, 1.54) is 18.2 Å². The number of hydrogen-bond acceptors (Lipinski definition) is 3. The number of fused-ring (bicyclic) bond motifs is 2. The molecule has 2 aliphatic rings. The van der Waals surface area contributed by atoms with E-state index in [4.69, 9.17) is 4.74 Å². The van der Waals surface area contributed by atoms with Crippen molar-refractivity contribution >= 4 is 5.97 Å². The topological polar surface area (TPSA) is 29.5 Å². The van der Waals surface area contributed by atoms with Gasteiger partial charge in [-0.2, -0.15) is 0 Å². The average Bonchev–Trinajstić information content (AvgIpc) is 2.94. The zero-order valence-corrected chi connectivity index (χ0v) is 11.0. The molecule has 1 unspecified atom stereocenters. The lowest BCUT2D eigenvalue weighted by Gasteiger charge is -2.37. The van der Waals surface area contributed by atoms with Crippen molar-refractivity contribution in [2.24, 2.45) is 5.92 Å². The third-order valence-corrected chi connectivity index (χ3v) is 4.76. The van der Waals surface area contributed by atoms with Crippen LogP contribution in [-0.4, -0.2) is 31.6 Å². The third kappa shape index (κ3) is 1.37. The first-order valence-corrected chi connectivity index (χ1v) is 6.57. The van der Waals surface area contributed by atoms with Gasteiger partial charge in [0.1, 0.15) is 0 Å². The number of carbonyl (C=O) groups excluding carboxylic acids is 1. The Bertz CT molecular complexity index is 485. The van der Waals surface area contributed by atoms with Crippen molar-refractivity contribution in [1.82, 2.24) is 4.90 Å². The van der Waals surface area contributed by atoms with Crippen LogP contribution in [0.25, 0.3) is 0 Å². The Hall–Kier alpha value is -1.35. The van der Waals surface area contributed by atoms with Gasteiger partial charge < -0.3 is 4.74 Å². The van der Waals surface area contributed by atoms with Gasteiger partial charge in [0.15, 0.2) is 0 Å². The van der Waals surface area contributed by atoms with E-state index in [2.05, 4.69) is 36.2 Å². The molecule has 0 saturated carbocycles. The zero-order valence-electron chi connectivity index (χ0n) is 11.0. The van der Waals surface area contributed by atoms with Crippen LogP contribution in [0.2, 0.25) is 0 Å². The molecule has 3 nitrogen and oxygen atoms in total. The first-order chi connectivity index (χ1) is 8.70. The van der Waals surface area contributed by atoms with Crippen LogP contribution in [0, 0.1) is 5.92 Å². The first-order valence-electron chi connectivity index (χ1n) is 6.57. The maximum absolute atomic E-state index is 12.1. The number of benzene rings is 1. The standard InChI is InChI=1S/C15H19NO2/c1-16-10-8-13(14(17)18-2)15(16)9-7-11-5-3-4-6-12(11)15/h3-6,13H,7-10H2,1-2H3/t13?,15-/m0/s1. The Morgan fingerprint density at radius 1 is 1.44 bits per heavy atom. The Morgan fingerprint density at radius 2 is 2.22 bits per heavy atom. The fourth-order valence-corrected chi connectivity index (χ4v) is 3.86. The lowest BCUT2D eigenvalue weighted by atomic mass is 9.80. The lowest BCUT2D eigenvalue weighted by Crippen LogP contribution is -2.44. The average molecular weight is 245 g/mol. The van der Waals surface area contributed by atoms with Gasteiger partial charge in [0.25, 0.3) is 0 Å². The van der Waals surface area contributed by atoms with E-state index in [0.29, 0.717) is 0 Å².